The van der Waals surface area contributed by atoms with E-state index in [1.54, 1.807) is 0 Å². The van der Waals surface area contributed by atoms with Crippen molar-refractivity contribution >= 4 is 29.8 Å². The number of aliphatic hydroxyl groups is 1. The second-order valence-corrected chi connectivity index (χ2v) is 9.22. The van der Waals surface area contributed by atoms with E-state index in [-0.39, 0.29) is 24.4 Å². The predicted octanol–water partition coefficient (Wildman–Crippen LogP) is -0.883. The molecule has 0 unspecified atom stereocenters. The minimum absolute atomic E-state index is 0.0129. The summed E-state index contributed by atoms with van der Waals surface area (Å²) in [5, 5.41) is 57.1. The van der Waals surface area contributed by atoms with Crippen LogP contribution in [-0.4, -0.2) is 82.7 Å². The van der Waals surface area contributed by atoms with Gasteiger partial charge >= 0.3 is 17.9 Å². The number of aliphatic imine (C=N–C) groups is 1. The zero-order chi connectivity index (χ0) is 34.2. The monoisotopic (exact) mass is 630 g/mol. The number of carbonyl (C=O) groups excluding carboxylic acids is 1. The first-order chi connectivity index (χ1) is 20.8. The van der Waals surface area contributed by atoms with Gasteiger partial charge in [0.05, 0.1) is 5.56 Å². The number of benzene rings is 1. The average Bonchev–Trinajstić information content (AvgIpc) is 2.95. The molecule has 0 radical (unpaired) electrons. The summed E-state index contributed by atoms with van der Waals surface area (Å²) >= 11 is 0. The van der Waals surface area contributed by atoms with Crippen LogP contribution in [0.2, 0.25) is 0 Å². The lowest BCUT2D eigenvalue weighted by molar-refractivity contribution is -0.305. The molecule has 0 spiro atoms. The minimum Gasteiger partial charge on any atom is -0.872 e. The Labute approximate surface area is 258 Å². The van der Waals surface area contributed by atoms with Crippen molar-refractivity contribution in [1.29, 1.82) is 0 Å². The number of hydrogen-bond acceptors (Lipinski definition) is 11. The zero-order valence-electron chi connectivity index (χ0n) is 25.2. The number of aromatic carboxylic acids is 1. The van der Waals surface area contributed by atoms with Gasteiger partial charge in [-0.3, -0.25) is 14.6 Å². The van der Waals surface area contributed by atoms with Gasteiger partial charge in [-0.2, -0.15) is 0 Å². The summed E-state index contributed by atoms with van der Waals surface area (Å²) in [5.74, 6) is -4.39. The molecule has 1 atom stereocenters. The fourth-order valence-corrected chi connectivity index (χ4v) is 3.00. The van der Waals surface area contributed by atoms with Crippen LogP contribution in [0.1, 0.15) is 87.4 Å². The molecule has 44 heavy (non-hydrogen) atoms. The van der Waals surface area contributed by atoms with Gasteiger partial charge in [0.25, 0.3) is 0 Å². The number of carboxylic acid groups (broad SMARTS) is 4. The van der Waals surface area contributed by atoms with E-state index in [1.165, 1.54) is 24.3 Å². The lowest BCUT2D eigenvalue weighted by Crippen LogP contribution is -2.30. The number of nitrogens with one attached hydrogen (secondary N) is 1. The van der Waals surface area contributed by atoms with Crippen LogP contribution in [0, 0.1) is 0 Å². The molecule has 13 N–H and O–H groups in total. The van der Waals surface area contributed by atoms with Crippen LogP contribution in [0.5, 0.6) is 5.75 Å². The summed E-state index contributed by atoms with van der Waals surface area (Å²) < 4.78 is 0. The Morgan fingerprint density at radius 2 is 1.43 bits per heavy atom. The molecule has 0 aliphatic carbocycles. The molecule has 1 aromatic carbocycles. The van der Waals surface area contributed by atoms with Gasteiger partial charge in [-0.25, -0.2) is 4.79 Å². The highest BCUT2D eigenvalue weighted by molar-refractivity contribution is 5.90. The second kappa shape index (κ2) is 31.9. The van der Waals surface area contributed by atoms with Gasteiger partial charge in [0.2, 0.25) is 0 Å². The van der Waals surface area contributed by atoms with Crippen molar-refractivity contribution in [3.05, 3.63) is 29.8 Å². The maximum absolute atomic E-state index is 10.7. The van der Waals surface area contributed by atoms with E-state index in [1.807, 2.05) is 0 Å². The number of guanidine groups is 1. The summed E-state index contributed by atoms with van der Waals surface area (Å²) in [6.45, 7) is 2.25. The van der Waals surface area contributed by atoms with E-state index in [2.05, 4.69) is 10.3 Å². The molecule has 0 fully saturated rings. The summed E-state index contributed by atoms with van der Waals surface area (Å²) in [5.41, 5.74) is 20.3. The van der Waals surface area contributed by atoms with Crippen molar-refractivity contribution in [1.82, 2.24) is 5.32 Å². The summed E-state index contributed by atoms with van der Waals surface area (Å²) in [6.07, 6.45) is 8.30. The van der Waals surface area contributed by atoms with Gasteiger partial charge in [-0.15, -0.1) is 0 Å². The molecule has 0 heterocycles. The number of nitrogens with two attached hydrogens (primary N) is 4. The molecule has 0 bridgehead atoms. The van der Waals surface area contributed by atoms with Crippen LogP contribution < -0.4 is 38.5 Å². The SMILES string of the molecule is NC(N)=NCCC[C@H](N)C(=O)O.NCNCCCCCO.O=C(O)c1ccccc1[O-].O=C([O-])CCCCCCCC(=O)O. The Kier molecular flexibility index (Phi) is 32.3. The maximum Gasteiger partial charge on any atom is 0.335 e. The number of para-hydroxylation sites is 1. The quantitative estimate of drug-likeness (QED) is 0.0365. The van der Waals surface area contributed by atoms with Crippen LogP contribution in [0.25, 0.3) is 0 Å². The first-order valence-corrected chi connectivity index (χ1v) is 14.3. The third kappa shape index (κ3) is 36.0. The van der Waals surface area contributed by atoms with E-state index in [9.17, 15) is 29.4 Å². The predicted molar refractivity (Wildman–Crippen MR) is 161 cm³/mol. The lowest BCUT2D eigenvalue weighted by Gasteiger charge is -2.07. The summed E-state index contributed by atoms with van der Waals surface area (Å²) in [4.78, 5) is 44.2. The molecular formula is C28H50N6O10-2. The molecule has 1 aromatic rings. The first kappa shape index (κ1) is 44.5. The Morgan fingerprint density at radius 1 is 0.864 bits per heavy atom. The Bertz CT molecular complexity index is 906. The molecule has 16 nitrogen and oxygen atoms in total. The highest BCUT2D eigenvalue weighted by Crippen LogP contribution is 2.11. The number of rotatable bonds is 20. The molecular weight excluding hydrogens is 580 g/mol. The van der Waals surface area contributed by atoms with Crippen LogP contribution in [0.4, 0.5) is 0 Å². The van der Waals surface area contributed by atoms with Crippen LogP contribution in [-0.2, 0) is 14.4 Å². The number of aliphatic hydroxyl groups excluding tert-OH is 1. The topological polar surface area (TPSA) is 324 Å². The van der Waals surface area contributed by atoms with Gasteiger partial charge in [-0.05, 0) is 64.0 Å². The first-order valence-electron chi connectivity index (χ1n) is 14.3. The number of nitrogens with zero attached hydrogens (tertiary/aromatic N) is 1. The number of unbranched alkanes of at least 4 members (excludes halogenated alkanes) is 6. The Balaban J connectivity index is -0.000000514. The van der Waals surface area contributed by atoms with Crippen molar-refractivity contribution in [3.63, 3.8) is 0 Å². The largest absolute Gasteiger partial charge is 0.872 e. The standard InChI is InChI=1S/C9H16O4.C7H6O3.C6H14N4O2.C6H16N2O/c10-8(11)6-4-2-1-3-5-7-9(12)13;8-6-4-2-1-3-5(6)7(9)10;7-4(5(11)12)2-1-3-10-6(8)9;7-6-8-4-2-1-3-5-9/h1-7H2,(H,10,11)(H,12,13);1-4,8H,(H,9,10);4H,1-3,7H2,(H,11,12)(H4,8,9,10);8-9H,1-7H2/p-2/t;;4-;/m..0./s1. The maximum atomic E-state index is 10.7. The highest BCUT2D eigenvalue weighted by atomic mass is 16.4. The fraction of sp³-hybridized carbons (Fsp3) is 0.607. The fourth-order valence-electron chi connectivity index (χ4n) is 3.00. The average molecular weight is 631 g/mol. The summed E-state index contributed by atoms with van der Waals surface area (Å²) in [7, 11) is 0. The van der Waals surface area contributed by atoms with Gasteiger partial charge in [0, 0.05) is 32.2 Å². The van der Waals surface area contributed by atoms with Crippen LogP contribution >= 0.6 is 0 Å². The molecule has 0 amide bonds. The van der Waals surface area contributed by atoms with Crippen LogP contribution in [0.15, 0.2) is 29.3 Å². The van der Waals surface area contributed by atoms with Crippen molar-refractivity contribution < 1.29 is 49.8 Å². The van der Waals surface area contributed by atoms with E-state index >= 15 is 0 Å². The van der Waals surface area contributed by atoms with Gasteiger partial charge in [0.1, 0.15) is 6.04 Å². The van der Waals surface area contributed by atoms with E-state index in [0.29, 0.717) is 45.5 Å². The minimum atomic E-state index is -1.18. The third-order valence-electron chi connectivity index (χ3n) is 5.33. The van der Waals surface area contributed by atoms with Crippen LogP contribution in [0.3, 0.4) is 0 Å². The number of carbonyl (C=O) groups is 4. The van der Waals surface area contributed by atoms with Crippen molar-refractivity contribution in [2.45, 2.75) is 83.1 Å². The Hall–Kier alpha value is -3.99. The molecule has 0 saturated carbocycles. The highest BCUT2D eigenvalue weighted by Gasteiger charge is 2.09. The van der Waals surface area contributed by atoms with Crippen molar-refractivity contribution in [2.24, 2.45) is 27.9 Å². The normalized spacial score (nSPS) is 10.3. The molecule has 0 aliphatic heterocycles. The summed E-state index contributed by atoms with van der Waals surface area (Å²) in [6, 6.07) is 4.72. The van der Waals surface area contributed by atoms with Gasteiger partial charge < -0.3 is 63.7 Å². The van der Waals surface area contributed by atoms with Crippen molar-refractivity contribution in [2.75, 3.05) is 26.4 Å². The second-order valence-electron chi connectivity index (χ2n) is 9.22. The van der Waals surface area contributed by atoms with Gasteiger partial charge in [-0.1, -0.05) is 43.2 Å². The number of aliphatic carboxylic acids is 3. The molecule has 0 aromatic heterocycles. The molecule has 1 rings (SSSR count). The van der Waals surface area contributed by atoms with Crippen molar-refractivity contribution in [3.8, 4) is 5.75 Å². The molecule has 254 valence electrons. The van der Waals surface area contributed by atoms with Gasteiger partial charge in [0.15, 0.2) is 5.96 Å². The zero-order valence-corrected chi connectivity index (χ0v) is 25.2. The third-order valence-corrected chi connectivity index (χ3v) is 5.33. The lowest BCUT2D eigenvalue weighted by atomic mass is 10.1. The number of carboxylic acids is 4. The van der Waals surface area contributed by atoms with E-state index in [4.69, 9.17) is 43.4 Å². The number of hydrogen-bond donors (Lipinski definition) is 9. The molecule has 0 aliphatic rings. The molecule has 0 saturated heterocycles. The Morgan fingerprint density at radius 3 is 1.89 bits per heavy atom. The molecule has 16 heteroatoms. The van der Waals surface area contributed by atoms with E-state index < -0.39 is 35.7 Å². The van der Waals surface area contributed by atoms with E-state index in [0.717, 1.165) is 45.1 Å². The smallest absolute Gasteiger partial charge is 0.335 e.